The van der Waals surface area contributed by atoms with Crippen LogP contribution in [0.1, 0.15) is 16.1 Å². The van der Waals surface area contributed by atoms with Gasteiger partial charge in [0, 0.05) is 6.54 Å². The van der Waals surface area contributed by atoms with Gasteiger partial charge in [0.25, 0.3) is 5.91 Å². The van der Waals surface area contributed by atoms with E-state index in [0.29, 0.717) is 5.56 Å². The summed E-state index contributed by atoms with van der Waals surface area (Å²) >= 11 is 5.70. The number of amides is 1. The van der Waals surface area contributed by atoms with E-state index in [2.05, 4.69) is 26.0 Å². The van der Waals surface area contributed by atoms with Crippen LogP contribution >= 0.6 is 11.6 Å². The molecular weight excluding hydrogens is 352 g/mol. The van der Waals surface area contributed by atoms with Crippen LogP contribution in [-0.2, 0) is 6.54 Å². The maximum Gasteiger partial charge on any atom is 0.275 e. The van der Waals surface area contributed by atoms with Crippen molar-refractivity contribution in [3.05, 3.63) is 70.4 Å². The Morgan fingerprint density at radius 1 is 1.12 bits per heavy atom. The van der Waals surface area contributed by atoms with Gasteiger partial charge in [-0.25, -0.2) is 8.78 Å². The standard InChI is InChI=1S/C16H12ClF2N5O/c17-10-7-9(5-6-11(10)18)8-20-16(25)14-15(23-24-22-14)21-13-4-2-1-3-12(13)19/h1-7H,8H2,(H,20,25)(H2,21,22,23,24). The van der Waals surface area contributed by atoms with Crippen molar-refractivity contribution in [2.45, 2.75) is 6.54 Å². The zero-order chi connectivity index (χ0) is 17.8. The molecule has 0 bridgehead atoms. The molecule has 2 aromatic carbocycles. The van der Waals surface area contributed by atoms with Crippen LogP contribution in [0.15, 0.2) is 42.5 Å². The summed E-state index contributed by atoms with van der Waals surface area (Å²) in [5, 5.41) is 15.2. The Bertz CT molecular complexity index is 915. The Morgan fingerprint density at radius 2 is 1.92 bits per heavy atom. The SMILES string of the molecule is O=C(NCc1ccc(F)c(Cl)c1)c1n[nH]nc1Nc1ccccc1F. The Kier molecular flexibility index (Phi) is 4.90. The lowest BCUT2D eigenvalue weighted by Gasteiger charge is -2.07. The zero-order valence-electron chi connectivity index (χ0n) is 12.7. The van der Waals surface area contributed by atoms with E-state index in [1.54, 1.807) is 12.1 Å². The number of anilines is 2. The van der Waals surface area contributed by atoms with Gasteiger partial charge in [-0.2, -0.15) is 5.21 Å². The monoisotopic (exact) mass is 363 g/mol. The van der Waals surface area contributed by atoms with Crippen molar-refractivity contribution in [2.75, 3.05) is 5.32 Å². The number of nitrogens with one attached hydrogen (secondary N) is 3. The van der Waals surface area contributed by atoms with E-state index in [9.17, 15) is 13.6 Å². The lowest BCUT2D eigenvalue weighted by atomic mass is 10.2. The predicted molar refractivity (Wildman–Crippen MR) is 88.6 cm³/mol. The molecule has 0 atom stereocenters. The van der Waals surface area contributed by atoms with Crippen molar-refractivity contribution < 1.29 is 13.6 Å². The Labute approximate surface area is 146 Å². The van der Waals surface area contributed by atoms with E-state index >= 15 is 0 Å². The predicted octanol–water partition coefficient (Wildman–Crippen LogP) is 3.41. The van der Waals surface area contributed by atoms with E-state index in [1.165, 1.54) is 30.3 Å². The van der Waals surface area contributed by atoms with Crippen LogP contribution in [-0.4, -0.2) is 21.3 Å². The van der Waals surface area contributed by atoms with E-state index < -0.39 is 17.5 Å². The molecule has 128 valence electrons. The quantitative estimate of drug-likeness (QED) is 0.648. The van der Waals surface area contributed by atoms with Gasteiger partial charge < -0.3 is 10.6 Å². The minimum atomic E-state index is -0.537. The number of aromatic amines is 1. The van der Waals surface area contributed by atoms with Crippen molar-refractivity contribution in [3.63, 3.8) is 0 Å². The average molecular weight is 364 g/mol. The molecule has 9 heteroatoms. The number of hydrogen-bond acceptors (Lipinski definition) is 4. The average Bonchev–Trinajstić information content (AvgIpc) is 3.06. The highest BCUT2D eigenvalue weighted by Crippen LogP contribution is 2.20. The van der Waals surface area contributed by atoms with Gasteiger partial charge in [-0.1, -0.05) is 29.8 Å². The Hall–Kier alpha value is -3.00. The van der Waals surface area contributed by atoms with Gasteiger partial charge in [0.2, 0.25) is 0 Å². The van der Waals surface area contributed by atoms with Gasteiger partial charge >= 0.3 is 0 Å². The third-order valence-corrected chi connectivity index (χ3v) is 3.62. The van der Waals surface area contributed by atoms with Crippen LogP contribution < -0.4 is 10.6 Å². The number of benzene rings is 2. The van der Waals surface area contributed by atoms with Gasteiger partial charge in [-0.3, -0.25) is 4.79 Å². The molecule has 0 saturated heterocycles. The van der Waals surface area contributed by atoms with Gasteiger partial charge in [-0.15, -0.1) is 10.2 Å². The van der Waals surface area contributed by atoms with Crippen LogP contribution in [0.3, 0.4) is 0 Å². The first-order valence-corrected chi connectivity index (χ1v) is 7.57. The number of aromatic nitrogens is 3. The number of carbonyl (C=O) groups is 1. The first-order valence-electron chi connectivity index (χ1n) is 7.19. The second-order valence-corrected chi connectivity index (χ2v) is 5.46. The van der Waals surface area contributed by atoms with Crippen molar-refractivity contribution in [1.29, 1.82) is 0 Å². The van der Waals surface area contributed by atoms with Crippen LogP contribution in [0.5, 0.6) is 0 Å². The molecule has 0 spiro atoms. The van der Waals surface area contributed by atoms with Crippen LogP contribution in [0, 0.1) is 11.6 Å². The molecule has 0 aliphatic carbocycles. The highest BCUT2D eigenvalue weighted by Gasteiger charge is 2.17. The fourth-order valence-electron chi connectivity index (χ4n) is 2.08. The molecular formula is C16H12ClF2N5O. The summed E-state index contributed by atoms with van der Waals surface area (Å²) in [6.45, 7) is 0.116. The molecule has 1 aromatic heterocycles. The van der Waals surface area contributed by atoms with Crippen LogP contribution in [0.25, 0.3) is 0 Å². The topological polar surface area (TPSA) is 82.7 Å². The minimum Gasteiger partial charge on any atom is -0.346 e. The maximum absolute atomic E-state index is 13.7. The molecule has 0 radical (unpaired) electrons. The number of H-pyrrole nitrogens is 1. The van der Waals surface area contributed by atoms with Crippen LogP contribution in [0.4, 0.5) is 20.3 Å². The number of carbonyl (C=O) groups excluding carboxylic acids is 1. The number of halogens is 3. The largest absolute Gasteiger partial charge is 0.346 e. The summed E-state index contributed by atoms with van der Waals surface area (Å²) in [5.41, 5.74) is 0.749. The minimum absolute atomic E-state index is 0.0311. The zero-order valence-corrected chi connectivity index (χ0v) is 13.4. The molecule has 1 amide bonds. The third kappa shape index (κ3) is 3.92. The fourth-order valence-corrected chi connectivity index (χ4v) is 2.29. The van der Waals surface area contributed by atoms with E-state index in [0.717, 1.165) is 0 Å². The van der Waals surface area contributed by atoms with Crippen molar-refractivity contribution in [1.82, 2.24) is 20.7 Å². The molecule has 0 aliphatic heterocycles. The van der Waals surface area contributed by atoms with E-state index in [1.807, 2.05) is 0 Å². The summed E-state index contributed by atoms with van der Waals surface area (Å²) in [6, 6.07) is 10.1. The Morgan fingerprint density at radius 3 is 2.68 bits per heavy atom. The number of hydrogen-bond donors (Lipinski definition) is 3. The first kappa shape index (κ1) is 16.8. The van der Waals surface area contributed by atoms with Crippen molar-refractivity contribution >= 4 is 29.0 Å². The second-order valence-electron chi connectivity index (χ2n) is 5.06. The van der Waals surface area contributed by atoms with E-state index in [4.69, 9.17) is 11.6 Å². The maximum atomic E-state index is 13.7. The fraction of sp³-hybridized carbons (Fsp3) is 0.0625. The lowest BCUT2D eigenvalue weighted by Crippen LogP contribution is -2.24. The molecule has 25 heavy (non-hydrogen) atoms. The van der Waals surface area contributed by atoms with Gasteiger partial charge in [-0.05, 0) is 29.8 Å². The first-order chi connectivity index (χ1) is 12.0. The molecule has 3 N–H and O–H groups in total. The number of rotatable bonds is 5. The molecule has 3 aromatic rings. The van der Waals surface area contributed by atoms with Crippen molar-refractivity contribution in [3.8, 4) is 0 Å². The molecule has 3 rings (SSSR count). The second kappa shape index (κ2) is 7.27. The van der Waals surface area contributed by atoms with Crippen molar-refractivity contribution in [2.24, 2.45) is 0 Å². The van der Waals surface area contributed by atoms with Gasteiger partial charge in [0.1, 0.15) is 11.6 Å². The molecule has 0 fully saturated rings. The molecule has 6 nitrogen and oxygen atoms in total. The number of para-hydroxylation sites is 1. The number of nitrogens with zero attached hydrogens (tertiary/aromatic N) is 2. The van der Waals surface area contributed by atoms with E-state index in [-0.39, 0.29) is 28.8 Å². The summed E-state index contributed by atoms with van der Waals surface area (Å²) in [6.07, 6.45) is 0. The van der Waals surface area contributed by atoms with Crippen LogP contribution in [0.2, 0.25) is 5.02 Å². The highest BCUT2D eigenvalue weighted by atomic mass is 35.5. The normalized spacial score (nSPS) is 10.5. The molecule has 0 unspecified atom stereocenters. The highest BCUT2D eigenvalue weighted by molar-refractivity contribution is 6.30. The molecule has 0 saturated carbocycles. The molecule has 1 heterocycles. The summed E-state index contributed by atoms with van der Waals surface area (Å²) < 4.78 is 26.8. The Balaban J connectivity index is 1.70. The smallest absolute Gasteiger partial charge is 0.275 e. The summed E-state index contributed by atoms with van der Waals surface area (Å²) in [5.74, 6) is -1.48. The lowest BCUT2D eigenvalue weighted by molar-refractivity contribution is 0.0946. The third-order valence-electron chi connectivity index (χ3n) is 3.33. The summed E-state index contributed by atoms with van der Waals surface area (Å²) in [4.78, 5) is 12.3. The van der Waals surface area contributed by atoms with Gasteiger partial charge in [0.05, 0.1) is 10.7 Å². The summed E-state index contributed by atoms with van der Waals surface area (Å²) in [7, 11) is 0. The van der Waals surface area contributed by atoms with Gasteiger partial charge in [0.15, 0.2) is 11.5 Å². The molecule has 0 aliphatic rings.